The number of methoxy groups -OCH3 is 1. The molecule has 2 aromatic heterocycles. The van der Waals surface area contributed by atoms with E-state index in [-0.39, 0.29) is 5.82 Å². The summed E-state index contributed by atoms with van der Waals surface area (Å²) in [4.78, 5) is 8.76. The second-order valence-electron chi connectivity index (χ2n) is 9.25. The van der Waals surface area contributed by atoms with Gasteiger partial charge in [-0.2, -0.15) is 5.26 Å². The average molecular weight is 457 g/mol. The van der Waals surface area contributed by atoms with Crippen molar-refractivity contribution in [2.24, 2.45) is 0 Å². The molecule has 0 saturated carbocycles. The van der Waals surface area contributed by atoms with Crippen LogP contribution in [-0.2, 0) is 19.4 Å². The minimum Gasteiger partial charge on any atom is -0.496 e. The van der Waals surface area contributed by atoms with Crippen LogP contribution < -0.4 is 14.5 Å². The van der Waals surface area contributed by atoms with Crippen LogP contribution in [0, 0.1) is 17.1 Å². The number of halogens is 1. The Morgan fingerprint density at radius 1 is 1.12 bits per heavy atom. The smallest absolute Gasteiger partial charge is 0.157 e. The Morgan fingerprint density at radius 3 is 2.71 bits per heavy atom. The lowest BCUT2D eigenvalue weighted by atomic mass is 10.0. The molecule has 1 saturated heterocycles. The Hall–Kier alpha value is -3.63. The normalized spacial score (nSPS) is 16.2. The van der Waals surface area contributed by atoms with Crippen LogP contribution in [-0.4, -0.2) is 42.7 Å². The van der Waals surface area contributed by atoms with Crippen molar-refractivity contribution in [1.29, 1.82) is 5.26 Å². The minimum absolute atomic E-state index is 0.226. The molecule has 1 N–H and O–H groups in total. The predicted octanol–water partition coefficient (Wildman–Crippen LogP) is 2.90. The highest BCUT2D eigenvalue weighted by Gasteiger charge is 2.31. The molecular weight excluding hydrogens is 429 g/mol. The van der Waals surface area contributed by atoms with E-state index in [2.05, 4.69) is 21.4 Å². The van der Waals surface area contributed by atoms with Crippen LogP contribution in [0.2, 0.25) is 0 Å². The summed E-state index contributed by atoms with van der Waals surface area (Å²) in [5, 5.41) is 10.0. The van der Waals surface area contributed by atoms with Crippen LogP contribution in [0.15, 0.2) is 42.5 Å². The first-order valence-corrected chi connectivity index (χ1v) is 11.9. The number of quaternary nitrogens is 1. The summed E-state index contributed by atoms with van der Waals surface area (Å²) in [7, 11) is 1.64. The van der Waals surface area contributed by atoms with Crippen molar-refractivity contribution in [3.63, 3.8) is 0 Å². The number of pyridine rings is 1. The van der Waals surface area contributed by atoms with E-state index < -0.39 is 0 Å². The number of para-hydroxylation sites is 2. The van der Waals surface area contributed by atoms with Crippen LogP contribution in [0.4, 0.5) is 10.2 Å². The molecule has 2 aliphatic rings. The molecule has 0 bridgehead atoms. The van der Waals surface area contributed by atoms with Crippen molar-refractivity contribution >= 4 is 22.5 Å². The molecule has 0 atom stereocenters. The van der Waals surface area contributed by atoms with Gasteiger partial charge in [-0.05, 0) is 60.7 Å². The molecule has 3 heterocycles. The number of nitrogens with one attached hydrogen (secondary N) is 1. The molecule has 0 spiro atoms. The summed E-state index contributed by atoms with van der Waals surface area (Å²) in [5.41, 5.74) is 6.88. The van der Waals surface area contributed by atoms with E-state index in [0.29, 0.717) is 0 Å². The SMILES string of the molecule is COc1ccc(F)cc1C[NH+]1CCN(c2c3c(c(C#N)c4nc5ccccc5n24)CCC3)CC1. The van der Waals surface area contributed by atoms with Crippen molar-refractivity contribution in [3.05, 3.63) is 70.5 Å². The fourth-order valence-corrected chi connectivity index (χ4v) is 5.76. The molecule has 0 radical (unpaired) electrons. The molecule has 1 aliphatic heterocycles. The number of rotatable bonds is 4. The van der Waals surface area contributed by atoms with E-state index in [1.807, 2.05) is 18.2 Å². The van der Waals surface area contributed by atoms with Gasteiger partial charge in [0.1, 0.15) is 30.0 Å². The Balaban J connectivity index is 1.36. The van der Waals surface area contributed by atoms with E-state index in [0.717, 1.165) is 85.5 Å². The first-order valence-electron chi connectivity index (χ1n) is 11.9. The average Bonchev–Trinajstić information content (AvgIpc) is 3.48. The number of hydrogen-bond donors (Lipinski definition) is 1. The van der Waals surface area contributed by atoms with Crippen molar-refractivity contribution in [1.82, 2.24) is 9.38 Å². The van der Waals surface area contributed by atoms with Crippen LogP contribution in [0.1, 0.15) is 28.7 Å². The minimum atomic E-state index is -0.226. The summed E-state index contributed by atoms with van der Waals surface area (Å²) in [6.07, 6.45) is 3.01. The Bertz CT molecular complexity index is 1450. The number of imidazole rings is 1. The van der Waals surface area contributed by atoms with Gasteiger partial charge in [-0.25, -0.2) is 9.37 Å². The monoisotopic (exact) mass is 456 g/mol. The lowest BCUT2D eigenvalue weighted by Crippen LogP contribution is -3.13. The van der Waals surface area contributed by atoms with Crippen LogP contribution in [0.3, 0.4) is 0 Å². The number of aromatic nitrogens is 2. The number of nitrogens with zero attached hydrogens (tertiary/aromatic N) is 4. The van der Waals surface area contributed by atoms with Gasteiger partial charge < -0.3 is 14.5 Å². The number of hydrogen-bond acceptors (Lipinski definition) is 4. The predicted molar refractivity (Wildman–Crippen MR) is 129 cm³/mol. The van der Waals surface area contributed by atoms with Gasteiger partial charge in [-0.3, -0.25) is 4.40 Å². The largest absolute Gasteiger partial charge is 0.496 e. The molecule has 34 heavy (non-hydrogen) atoms. The third-order valence-corrected chi connectivity index (χ3v) is 7.35. The zero-order valence-corrected chi connectivity index (χ0v) is 19.3. The number of piperazine rings is 1. The second-order valence-corrected chi connectivity index (χ2v) is 9.25. The Labute approximate surface area is 197 Å². The van der Waals surface area contributed by atoms with Gasteiger partial charge in [0.15, 0.2) is 5.65 Å². The van der Waals surface area contributed by atoms with Gasteiger partial charge in [-0.1, -0.05) is 12.1 Å². The van der Waals surface area contributed by atoms with E-state index in [4.69, 9.17) is 9.72 Å². The molecule has 0 amide bonds. The van der Waals surface area contributed by atoms with E-state index >= 15 is 0 Å². The first kappa shape index (κ1) is 20.9. The lowest BCUT2D eigenvalue weighted by molar-refractivity contribution is -0.914. The van der Waals surface area contributed by atoms with Crippen LogP contribution >= 0.6 is 0 Å². The van der Waals surface area contributed by atoms with Gasteiger partial charge >= 0.3 is 0 Å². The molecule has 1 fully saturated rings. The molecule has 6 nitrogen and oxygen atoms in total. The summed E-state index contributed by atoms with van der Waals surface area (Å²) in [6, 6.07) is 15.4. The lowest BCUT2D eigenvalue weighted by Gasteiger charge is -2.35. The van der Waals surface area contributed by atoms with Gasteiger partial charge in [-0.15, -0.1) is 0 Å². The zero-order valence-electron chi connectivity index (χ0n) is 19.3. The fourth-order valence-electron chi connectivity index (χ4n) is 5.76. The number of fused-ring (bicyclic) bond motifs is 4. The first-order chi connectivity index (χ1) is 16.7. The second kappa shape index (κ2) is 8.30. The highest BCUT2D eigenvalue weighted by atomic mass is 19.1. The molecule has 0 unspecified atom stereocenters. The van der Waals surface area contributed by atoms with E-state index in [1.165, 1.54) is 27.9 Å². The molecule has 6 rings (SSSR count). The van der Waals surface area contributed by atoms with Crippen LogP contribution in [0.25, 0.3) is 16.7 Å². The topological polar surface area (TPSA) is 58.0 Å². The number of benzene rings is 2. The van der Waals surface area contributed by atoms with Gasteiger partial charge in [0, 0.05) is 0 Å². The fraction of sp³-hybridized carbons (Fsp3) is 0.333. The van der Waals surface area contributed by atoms with Crippen molar-refractivity contribution in [2.45, 2.75) is 25.8 Å². The standard InChI is InChI=1S/C27H26FN5O/c1-34-25-10-9-19(28)15-18(25)17-31-11-13-32(14-12-31)27-21-6-4-5-20(21)22(16-29)26-30-23-7-2-3-8-24(23)33(26)27/h2-3,7-10,15H,4-6,11-14,17H2,1H3/p+1. The van der Waals surface area contributed by atoms with Crippen molar-refractivity contribution in [2.75, 3.05) is 38.2 Å². The third kappa shape index (κ3) is 3.29. The number of nitriles is 1. The van der Waals surface area contributed by atoms with Crippen molar-refractivity contribution in [3.8, 4) is 11.8 Å². The van der Waals surface area contributed by atoms with Gasteiger partial charge in [0.05, 0.1) is 55.4 Å². The van der Waals surface area contributed by atoms with Crippen LogP contribution in [0.5, 0.6) is 5.75 Å². The highest BCUT2D eigenvalue weighted by molar-refractivity contribution is 5.86. The number of anilines is 1. The molecule has 4 aromatic rings. The Kier molecular flexibility index (Phi) is 5.11. The summed E-state index contributed by atoms with van der Waals surface area (Å²) in [5.74, 6) is 1.72. The summed E-state index contributed by atoms with van der Waals surface area (Å²) < 4.78 is 21.5. The maximum absolute atomic E-state index is 13.9. The molecule has 2 aromatic carbocycles. The summed E-state index contributed by atoms with van der Waals surface area (Å²) >= 11 is 0. The molecule has 7 heteroatoms. The maximum atomic E-state index is 13.9. The zero-order chi connectivity index (χ0) is 23.2. The molecule has 1 aliphatic carbocycles. The molecular formula is C27H27FN5O+. The van der Waals surface area contributed by atoms with E-state index in [1.54, 1.807) is 19.2 Å². The van der Waals surface area contributed by atoms with Crippen molar-refractivity contribution < 1.29 is 14.0 Å². The quantitative estimate of drug-likeness (QED) is 0.513. The van der Waals surface area contributed by atoms with E-state index in [9.17, 15) is 9.65 Å². The maximum Gasteiger partial charge on any atom is 0.157 e. The Morgan fingerprint density at radius 2 is 1.91 bits per heavy atom. The third-order valence-electron chi connectivity index (χ3n) is 7.35. The van der Waals surface area contributed by atoms with Gasteiger partial charge in [0.2, 0.25) is 0 Å². The highest BCUT2D eigenvalue weighted by Crippen LogP contribution is 2.38. The van der Waals surface area contributed by atoms with Gasteiger partial charge in [0.25, 0.3) is 0 Å². The molecule has 172 valence electrons. The summed E-state index contributed by atoms with van der Waals surface area (Å²) in [6.45, 7) is 4.43. The number of ether oxygens (including phenoxy) is 1.